The molecule has 1 aliphatic heterocycles. The fourth-order valence-electron chi connectivity index (χ4n) is 3.23. The number of rotatable bonds is 5. The molecule has 0 bridgehead atoms. The van der Waals surface area contributed by atoms with Gasteiger partial charge in [0, 0.05) is 24.6 Å². The number of halogens is 1. The number of piperidine rings is 1. The largest absolute Gasteiger partial charge is 0.294 e. The Balaban J connectivity index is 1.61. The van der Waals surface area contributed by atoms with Gasteiger partial charge in [0.05, 0.1) is 5.75 Å². The molecule has 0 saturated carbocycles. The SMILES string of the molecule is Cc1ccc(CS(=O)(=O)N2CCC(C(=O)c3ccc(F)cc3)CC2)cc1. The molecule has 1 heterocycles. The monoisotopic (exact) mass is 375 g/mol. The van der Waals surface area contributed by atoms with Crippen molar-refractivity contribution in [2.24, 2.45) is 5.92 Å². The van der Waals surface area contributed by atoms with Gasteiger partial charge in [-0.2, -0.15) is 0 Å². The predicted octanol–water partition coefficient (Wildman–Crippen LogP) is 3.56. The van der Waals surface area contributed by atoms with Crippen LogP contribution in [0.4, 0.5) is 4.39 Å². The van der Waals surface area contributed by atoms with E-state index in [4.69, 9.17) is 0 Å². The molecule has 26 heavy (non-hydrogen) atoms. The Morgan fingerprint density at radius 1 is 1.04 bits per heavy atom. The molecule has 1 fully saturated rings. The highest BCUT2D eigenvalue weighted by molar-refractivity contribution is 7.88. The zero-order chi connectivity index (χ0) is 18.7. The van der Waals surface area contributed by atoms with E-state index < -0.39 is 10.0 Å². The van der Waals surface area contributed by atoms with Crippen molar-refractivity contribution >= 4 is 15.8 Å². The summed E-state index contributed by atoms with van der Waals surface area (Å²) in [5.41, 5.74) is 2.33. The van der Waals surface area contributed by atoms with Crippen LogP contribution in [0, 0.1) is 18.7 Å². The number of hydrogen-bond acceptors (Lipinski definition) is 3. The average Bonchev–Trinajstić information content (AvgIpc) is 2.64. The molecule has 0 unspecified atom stereocenters. The second-order valence-electron chi connectivity index (χ2n) is 6.79. The predicted molar refractivity (Wildman–Crippen MR) is 98.8 cm³/mol. The van der Waals surface area contributed by atoms with Crippen LogP contribution >= 0.6 is 0 Å². The van der Waals surface area contributed by atoms with Gasteiger partial charge in [0.15, 0.2) is 5.78 Å². The molecule has 0 spiro atoms. The van der Waals surface area contributed by atoms with Crippen LogP contribution in [-0.4, -0.2) is 31.6 Å². The molecule has 6 heteroatoms. The van der Waals surface area contributed by atoms with Gasteiger partial charge in [-0.3, -0.25) is 4.79 Å². The third-order valence-corrected chi connectivity index (χ3v) is 6.67. The van der Waals surface area contributed by atoms with Gasteiger partial charge < -0.3 is 0 Å². The molecule has 2 aromatic rings. The normalized spacial score (nSPS) is 16.5. The van der Waals surface area contributed by atoms with Crippen LogP contribution in [0.15, 0.2) is 48.5 Å². The van der Waals surface area contributed by atoms with Crippen molar-refractivity contribution in [2.75, 3.05) is 13.1 Å². The van der Waals surface area contributed by atoms with E-state index >= 15 is 0 Å². The molecule has 2 aromatic carbocycles. The minimum Gasteiger partial charge on any atom is -0.294 e. The number of carbonyl (C=O) groups excluding carboxylic acids is 1. The van der Waals surface area contributed by atoms with Crippen molar-refractivity contribution < 1.29 is 17.6 Å². The van der Waals surface area contributed by atoms with Gasteiger partial charge in [-0.1, -0.05) is 29.8 Å². The fraction of sp³-hybridized carbons (Fsp3) is 0.350. The van der Waals surface area contributed by atoms with Crippen LogP contribution in [-0.2, 0) is 15.8 Å². The number of aryl methyl sites for hydroxylation is 1. The van der Waals surface area contributed by atoms with Crippen LogP contribution in [0.5, 0.6) is 0 Å². The third-order valence-electron chi connectivity index (χ3n) is 4.82. The van der Waals surface area contributed by atoms with E-state index in [0.29, 0.717) is 31.5 Å². The first-order valence-electron chi connectivity index (χ1n) is 8.68. The highest BCUT2D eigenvalue weighted by Gasteiger charge is 2.31. The molecule has 0 aromatic heterocycles. The zero-order valence-electron chi connectivity index (χ0n) is 14.7. The first-order valence-corrected chi connectivity index (χ1v) is 10.3. The lowest BCUT2D eigenvalue weighted by Gasteiger charge is -2.30. The van der Waals surface area contributed by atoms with Crippen molar-refractivity contribution in [1.29, 1.82) is 0 Å². The molecule has 1 saturated heterocycles. The van der Waals surface area contributed by atoms with Gasteiger partial charge in [-0.15, -0.1) is 0 Å². The summed E-state index contributed by atoms with van der Waals surface area (Å²) in [7, 11) is -3.40. The van der Waals surface area contributed by atoms with Crippen molar-refractivity contribution in [1.82, 2.24) is 4.31 Å². The van der Waals surface area contributed by atoms with E-state index in [9.17, 15) is 17.6 Å². The summed E-state index contributed by atoms with van der Waals surface area (Å²) in [6.07, 6.45) is 0.979. The Morgan fingerprint density at radius 2 is 1.62 bits per heavy atom. The summed E-state index contributed by atoms with van der Waals surface area (Å²) in [5, 5.41) is 0. The lowest BCUT2D eigenvalue weighted by atomic mass is 9.90. The average molecular weight is 375 g/mol. The molecule has 0 N–H and O–H groups in total. The van der Waals surface area contributed by atoms with Crippen molar-refractivity contribution in [2.45, 2.75) is 25.5 Å². The highest BCUT2D eigenvalue weighted by Crippen LogP contribution is 2.25. The van der Waals surface area contributed by atoms with Crippen LogP contribution in [0.2, 0.25) is 0 Å². The van der Waals surface area contributed by atoms with Gasteiger partial charge >= 0.3 is 0 Å². The van der Waals surface area contributed by atoms with Crippen molar-refractivity contribution in [3.8, 4) is 0 Å². The minimum absolute atomic E-state index is 0.0240. The third kappa shape index (κ3) is 4.37. The van der Waals surface area contributed by atoms with E-state index in [2.05, 4.69) is 0 Å². The molecule has 0 atom stereocenters. The molecule has 138 valence electrons. The zero-order valence-corrected chi connectivity index (χ0v) is 15.5. The van der Waals surface area contributed by atoms with Gasteiger partial charge in [0.2, 0.25) is 10.0 Å². The van der Waals surface area contributed by atoms with Crippen LogP contribution in [0.25, 0.3) is 0 Å². The van der Waals surface area contributed by atoms with E-state index in [0.717, 1.165) is 11.1 Å². The second-order valence-corrected chi connectivity index (χ2v) is 8.76. The number of ketones is 1. The standard InChI is InChI=1S/C20H22FNO3S/c1-15-2-4-16(5-3-15)14-26(24,25)22-12-10-18(11-13-22)20(23)17-6-8-19(21)9-7-17/h2-9,18H,10-14H2,1H3. The van der Waals surface area contributed by atoms with Gasteiger partial charge in [-0.05, 0) is 49.6 Å². The molecule has 0 aliphatic carbocycles. The fourth-order valence-corrected chi connectivity index (χ4v) is 4.80. The Bertz CT molecular complexity index is 868. The Hall–Kier alpha value is -2.05. The topological polar surface area (TPSA) is 54.5 Å². The van der Waals surface area contributed by atoms with Gasteiger partial charge in [0.1, 0.15) is 5.82 Å². The van der Waals surface area contributed by atoms with E-state index in [1.165, 1.54) is 28.6 Å². The minimum atomic E-state index is -3.40. The van der Waals surface area contributed by atoms with E-state index in [1.54, 1.807) is 0 Å². The van der Waals surface area contributed by atoms with Crippen molar-refractivity contribution in [3.63, 3.8) is 0 Å². The van der Waals surface area contributed by atoms with Gasteiger partial charge in [0.25, 0.3) is 0 Å². The van der Waals surface area contributed by atoms with Crippen LogP contribution < -0.4 is 0 Å². The molecular formula is C20H22FNO3S. The lowest BCUT2D eigenvalue weighted by molar-refractivity contribution is 0.0875. The maximum absolute atomic E-state index is 13.0. The number of benzene rings is 2. The highest BCUT2D eigenvalue weighted by atomic mass is 32.2. The molecule has 0 amide bonds. The number of hydrogen-bond donors (Lipinski definition) is 0. The molecule has 4 nitrogen and oxygen atoms in total. The maximum Gasteiger partial charge on any atom is 0.218 e. The number of nitrogens with zero attached hydrogens (tertiary/aromatic N) is 1. The molecular weight excluding hydrogens is 353 g/mol. The van der Waals surface area contributed by atoms with Gasteiger partial charge in [-0.25, -0.2) is 17.1 Å². The quantitative estimate of drug-likeness (QED) is 0.751. The first kappa shape index (κ1) is 18.7. The summed E-state index contributed by atoms with van der Waals surface area (Å²) in [6, 6.07) is 13.0. The summed E-state index contributed by atoms with van der Waals surface area (Å²) in [4.78, 5) is 12.5. The van der Waals surface area contributed by atoms with Crippen LogP contribution in [0.1, 0.15) is 34.3 Å². The summed E-state index contributed by atoms with van der Waals surface area (Å²) < 4.78 is 39.7. The number of carbonyl (C=O) groups is 1. The maximum atomic E-state index is 13.0. The molecule has 3 rings (SSSR count). The van der Waals surface area contributed by atoms with Crippen LogP contribution in [0.3, 0.4) is 0 Å². The lowest BCUT2D eigenvalue weighted by Crippen LogP contribution is -2.40. The number of sulfonamides is 1. The Labute approximate surface area is 153 Å². The second kappa shape index (κ2) is 7.68. The molecule has 1 aliphatic rings. The number of Topliss-reactive ketones (excluding diaryl/α,β-unsaturated/α-hetero) is 1. The Morgan fingerprint density at radius 3 is 2.19 bits per heavy atom. The van der Waals surface area contributed by atoms with Crippen molar-refractivity contribution in [3.05, 3.63) is 71.0 Å². The first-order chi connectivity index (χ1) is 12.3. The Kier molecular flexibility index (Phi) is 5.53. The molecule has 0 radical (unpaired) electrons. The summed E-state index contributed by atoms with van der Waals surface area (Å²) in [6.45, 7) is 2.64. The van der Waals surface area contributed by atoms with E-state index in [-0.39, 0.29) is 23.3 Å². The smallest absolute Gasteiger partial charge is 0.218 e. The summed E-state index contributed by atoms with van der Waals surface area (Å²) in [5.74, 6) is -0.658. The van der Waals surface area contributed by atoms with E-state index in [1.807, 2.05) is 31.2 Å². The summed E-state index contributed by atoms with van der Waals surface area (Å²) >= 11 is 0.